The summed E-state index contributed by atoms with van der Waals surface area (Å²) in [6, 6.07) is 6.79. The van der Waals surface area contributed by atoms with Crippen LogP contribution in [-0.2, 0) is 9.15 Å². The average molecular weight is 358 g/mol. The topological polar surface area (TPSA) is 104 Å². The summed E-state index contributed by atoms with van der Waals surface area (Å²) in [6.07, 6.45) is 1.42. The van der Waals surface area contributed by atoms with Crippen LogP contribution in [0.5, 0.6) is 0 Å². The summed E-state index contributed by atoms with van der Waals surface area (Å²) in [5, 5.41) is 3.04. The van der Waals surface area contributed by atoms with Gasteiger partial charge in [-0.1, -0.05) is 12.1 Å². The molecule has 1 aliphatic heterocycles. The van der Waals surface area contributed by atoms with E-state index in [0.717, 1.165) is 6.42 Å². The third kappa shape index (κ3) is 5.03. The molecule has 0 spiro atoms. The van der Waals surface area contributed by atoms with Gasteiger partial charge in [-0.15, -0.1) is 0 Å². The van der Waals surface area contributed by atoms with Crippen molar-refractivity contribution in [3.63, 3.8) is 0 Å². The molecular weight excluding hydrogens is 340 g/mol. The van der Waals surface area contributed by atoms with Crippen LogP contribution < -0.4 is 5.32 Å². The minimum absolute atomic E-state index is 0.247. The number of hydrogen-bond acceptors (Lipinski definition) is 6. The fraction of sp³-hybridized carbons (Fsp3) is 0.429. The number of unbranched alkanes of at least 4 members (excludes halogenated alkanes) is 1. The van der Waals surface area contributed by atoms with E-state index in [1.165, 1.54) is 4.90 Å². The molecule has 0 aromatic heterocycles. The average Bonchev–Trinajstić information content (AvgIpc) is 2.74. The molecule has 9 heteroatoms. The summed E-state index contributed by atoms with van der Waals surface area (Å²) < 4.78 is 29.5. The summed E-state index contributed by atoms with van der Waals surface area (Å²) in [5.41, 5.74) is 0.913. The molecule has 2 amide bonds. The van der Waals surface area contributed by atoms with Crippen LogP contribution in [0.4, 0.5) is 0 Å². The number of fused-ring (bicyclic) bond motifs is 1. The maximum absolute atomic E-state index is 12.1. The van der Waals surface area contributed by atoms with Crippen molar-refractivity contribution in [2.45, 2.75) is 12.8 Å². The lowest BCUT2D eigenvalue weighted by atomic mass is 10.1. The van der Waals surface area contributed by atoms with Crippen molar-refractivity contribution in [1.82, 2.24) is 10.2 Å². The highest BCUT2D eigenvalue weighted by Gasteiger charge is 2.34. The van der Waals surface area contributed by atoms with E-state index >= 15 is 0 Å². The Balaban J connectivity index is 1.64. The van der Waals surface area contributed by atoms with E-state index in [0.29, 0.717) is 48.0 Å². The third-order valence-electron chi connectivity index (χ3n) is 3.37. The molecule has 7 nitrogen and oxygen atoms in total. The molecule has 0 radical (unpaired) electrons. The van der Waals surface area contributed by atoms with E-state index in [-0.39, 0.29) is 17.6 Å². The first-order chi connectivity index (χ1) is 10.9. The van der Waals surface area contributed by atoms with Crippen molar-refractivity contribution in [3.05, 3.63) is 35.4 Å². The summed E-state index contributed by atoms with van der Waals surface area (Å²) in [5.74, 6) is -0.233. The molecule has 1 aromatic carbocycles. The van der Waals surface area contributed by atoms with Crippen molar-refractivity contribution >= 4 is 31.8 Å². The van der Waals surface area contributed by atoms with Gasteiger partial charge in [0, 0.05) is 18.8 Å². The van der Waals surface area contributed by atoms with Gasteiger partial charge in [-0.2, -0.15) is 8.42 Å². The molecule has 0 saturated carbocycles. The molecule has 0 atom stereocenters. The summed E-state index contributed by atoms with van der Waals surface area (Å²) in [4.78, 5) is 25.5. The Labute approximate surface area is 138 Å². The van der Waals surface area contributed by atoms with Gasteiger partial charge in [0.2, 0.25) is 0 Å². The maximum Gasteiger partial charge on any atom is 0.319 e. The van der Waals surface area contributed by atoms with Crippen LogP contribution in [0.1, 0.15) is 33.6 Å². The first kappa shape index (κ1) is 17.9. The molecule has 1 aromatic rings. The highest BCUT2D eigenvalue weighted by atomic mass is 33.1. The van der Waals surface area contributed by atoms with E-state index in [1.807, 2.05) is 0 Å². The highest BCUT2D eigenvalue weighted by Crippen LogP contribution is 2.22. The number of amides is 2. The number of nitrogens with zero attached hydrogens (tertiary/aromatic N) is 1. The summed E-state index contributed by atoms with van der Waals surface area (Å²) >= 11 is 0. The lowest BCUT2D eigenvalue weighted by Crippen LogP contribution is -2.31. The molecule has 2 rings (SSSR count). The van der Waals surface area contributed by atoms with Crippen LogP contribution in [0.25, 0.3) is 0 Å². The van der Waals surface area contributed by atoms with E-state index in [2.05, 4.69) is 5.32 Å². The Morgan fingerprint density at radius 1 is 1.04 bits per heavy atom. The second-order valence-corrected chi connectivity index (χ2v) is 8.48. The van der Waals surface area contributed by atoms with E-state index in [4.69, 9.17) is 4.55 Å². The molecule has 0 saturated heterocycles. The van der Waals surface area contributed by atoms with Gasteiger partial charge in [0.1, 0.15) is 0 Å². The summed E-state index contributed by atoms with van der Waals surface area (Å²) in [7, 11) is -3.50. The van der Waals surface area contributed by atoms with Crippen molar-refractivity contribution in [3.8, 4) is 0 Å². The van der Waals surface area contributed by atoms with Gasteiger partial charge in [-0.25, -0.2) is 0 Å². The Hall–Kier alpha value is -1.42. The molecule has 126 valence electrons. The monoisotopic (exact) mass is 358 g/mol. The van der Waals surface area contributed by atoms with Gasteiger partial charge in [0.15, 0.2) is 0 Å². The zero-order valence-corrected chi connectivity index (χ0v) is 14.0. The fourth-order valence-corrected chi connectivity index (χ4v) is 3.63. The molecule has 0 bridgehead atoms. The predicted molar refractivity (Wildman–Crippen MR) is 87.9 cm³/mol. The lowest BCUT2D eigenvalue weighted by molar-refractivity contribution is 0.0651. The number of hydrogen-bond donors (Lipinski definition) is 2. The van der Waals surface area contributed by atoms with Gasteiger partial charge < -0.3 is 5.32 Å². The van der Waals surface area contributed by atoms with Crippen molar-refractivity contribution in [2.75, 3.05) is 25.4 Å². The number of imide groups is 1. The van der Waals surface area contributed by atoms with E-state index in [1.54, 1.807) is 24.3 Å². The minimum atomic E-state index is -3.98. The van der Waals surface area contributed by atoms with Gasteiger partial charge in [-0.05, 0) is 42.3 Å². The second-order valence-electron chi connectivity index (χ2n) is 5.01. The van der Waals surface area contributed by atoms with Crippen LogP contribution in [-0.4, -0.2) is 55.1 Å². The number of carbonyl (C=O) groups is 2. The SMILES string of the molecule is O=C1c2ccccc2C(=O)N1CCCCNCCSS(=O)(=O)O. The first-order valence-electron chi connectivity index (χ1n) is 7.18. The largest absolute Gasteiger partial charge is 0.319 e. The molecule has 2 N–H and O–H groups in total. The number of rotatable bonds is 9. The highest BCUT2D eigenvalue weighted by molar-refractivity contribution is 8.69. The molecular formula is C14H18N2O5S2. The zero-order chi connectivity index (χ0) is 16.9. The van der Waals surface area contributed by atoms with Gasteiger partial charge >= 0.3 is 9.15 Å². The standard InChI is InChI=1S/C14H18N2O5S2/c17-13-11-5-1-2-6-12(11)14(18)16(13)9-4-3-7-15-8-10-22-23(19,20)21/h1-2,5-6,15H,3-4,7-10H2,(H,19,20,21). The van der Waals surface area contributed by atoms with Gasteiger partial charge in [0.05, 0.1) is 11.1 Å². The predicted octanol–water partition coefficient (Wildman–Crippen LogP) is 1.19. The second kappa shape index (κ2) is 7.91. The Bertz CT molecular complexity index is 655. The van der Waals surface area contributed by atoms with Gasteiger partial charge in [-0.3, -0.25) is 19.0 Å². The number of nitrogens with one attached hydrogen (secondary N) is 1. The Kier molecular flexibility index (Phi) is 6.17. The molecule has 1 heterocycles. The van der Waals surface area contributed by atoms with Crippen LogP contribution >= 0.6 is 10.8 Å². The smallest absolute Gasteiger partial charge is 0.316 e. The van der Waals surface area contributed by atoms with Gasteiger partial charge in [0.25, 0.3) is 11.8 Å². The number of benzene rings is 1. The molecule has 0 aliphatic carbocycles. The van der Waals surface area contributed by atoms with Crippen LogP contribution in [0, 0.1) is 0 Å². The normalized spacial score (nSPS) is 14.4. The van der Waals surface area contributed by atoms with Crippen molar-refractivity contribution in [2.24, 2.45) is 0 Å². The van der Waals surface area contributed by atoms with Crippen LogP contribution in [0.15, 0.2) is 24.3 Å². The Morgan fingerprint density at radius 3 is 2.22 bits per heavy atom. The maximum atomic E-state index is 12.1. The molecule has 1 aliphatic rings. The van der Waals surface area contributed by atoms with E-state index < -0.39 is 9.15 Å². The fourth-order valence-electron chi connectivity index (χ4n) is 2.31. The first-order valence-corrected chi connectivity index (χ1v) is 10.1. The van der Waals surface area contributed by atoms with E-state index in [9.17, 15) is 18.0 Å². The third-order valence-corrected chi connectivity index (χ3v) is 5.44. The summed E-state index contributed by atoms with van der Waals surface area (Å²) in [6.45, 7) is 1.47. The van der Waals surface area contributed by atoms with Crippen LogP contribution in [0.3, 0.4) is 0 Å². The Morgan fingerprint density at radius 2 is 1.65 bits per heavy atom. The lowest BCUT2D eigenvalue weighted by Gasteiger charge is -2.13. The van der Waals surface area contributed by atoms with Crippen LogP contribution in [0.2, 0.25) is 0 Å². The van der Waals surface area contributed by atoms with Crippen molar-refractivity contribution < 1.29 is 22.6 Å². The zero-order valence-electron chi connectivity index (χ0n) is 12.4. The quantitative estimate of drug-likeness (QED) is 0.296. The minimum Gasteiger partial charge on any atom is -0.316 e. The molecule has 0 fully saturated rings. The van der Waals surface area contributed by atoms with Crippen molar-refractivity contribution in [1.29, 1.82) is 0 Å². The number of carbonyl (C=O) groups excluding carboxylic acids is 2. The molecule has 0 unspecified atom stereocenters. The molecule has 23 heavy (non-hydrogen) atoms.